The molecule has 1 aliphatic heterocycles. The van der Waals surface area contributed by atoms with Gasteiger partial charge in [0.2, 0.25) is 5.88 Å². The van der Waals surface area contributed by atoms with Gasteiger partial charge < -0.3 is 19.8 Å². The molecule has 1 fully saturated rings. The molecule has 3 N–H and O–H groups in total. The molecule has 0 radical (unpaired) electrons. The van der Waals surface area contributed by atoms with Crippen molar-refractivity contribution in [3.05, 3.63) is 65.0 Å². The first-order valence-corrected chi connectivity index (χ1v) is 16.0. The third-order valence-corrected chi connectivity index (χ3v) is 9.48. The fourth-order valence-corrected chi connectivity index (χ4v) is 6.74. The second-order valence-electron chi connectivity index (χ2n) is 11.2. The molecule has 1 aliphatic rings. The van der Waals surface area contributed by atoms with Crippen molar-refractivity contribution in [1.82, 2.24) is 15.2 Å². The number of amides is 1. The molecular weight excluding hydrogens is 560 g/mol. The van der Waals surface area contributed by atoms with Crippen LogP contribution in [0.3, 0.4) is 0 Å². The van der Waals surface area contributed by atoms with Crippen LogP contribution in [0.2, 0.25) is 0 Å². The van der Waals surface area contributed by atoms with E-state index in [0.717, 1.165) is 40.0 Å². The molecule has 9 nitrogen and oxygen atoms in total. The molecule has 0 aliphatic carbocycles. The molecule has 0 saturated carbocycles. The van der Waals surface area contributed by atoms with Crippen molar-refractivity contribution in [2.45, 2.75) is 38.0 Å². The predicted octanol–water partition coefficient (Wildman–Crippen LogP) is 5.72. The van der Waals surface area contributed by atoms with Crippen LogP contribution in [0.4, 0.5) is 10.5 Å². The first kappa shape index (κ1) is 29.1. The number of anilines is 1. The first-order chi connectivity index (χ1) is 19.5. The lowest BCUT2D eigenvalue weighted by Gasteiger charge is -2.26. The van der Waals surface area contributed by atoms with E-state index in [1.165, 1.54) is 11.3 Å². The van der Waals surface area contributed by atoms with Gasteiger partial charge in [0.15, 0.2) is 0 Å². The van der Waals surface area contributed by atoms with Crippen molar-refractivity contribution in [2.24, 2.45) is 0 Å². The summed E-state index contributed by atoms with van der Waals surface area (Å²) in [6.45, 7) is 12.5. The molecule has 2 aromatic heterocycles. The molecule has 0 atom stereocenters. The van der Waals surface area contributed by atoms with Crippen LogP contribution >= 0.6 is 11.3 Å². The van der Waals surface area contributed by atoms with Crippen molar-refractivity contribution in [3.63, 3.8) is 0 Å². The van der Waals surface area contributed by atoms with Crippen molar-refractivity contribution < 1.29 is 22.7 Å². The average Bonchev–Trinajstić information content (AvgIpc) is 3.50. The topological polar surface area (TPSA) is 113 Å². The van der Waals surface area contributed by atoms with Gasteiger partial charge in [-0.15, -0.1) is 11.3 Å². The van der Waals surface area contributed by atoms with Crippen LogP contribution in [0.15, 0.2) is 58.8 Å². The van der Waals surface area contributed by atoms with E-state index in [2.05, 4.69) is 40.7 Å². The Labute approximate surface area is 244 Å². The first-order valence-electron chi connectivity index (χ1n) is 13.6. The number of benzene rings is 2. The largest absolute Gasteiger partial charge is 0.413 e. The van der Waals surface area contributed by atoms with Crippen molar-refractivity contribution >= 4 is 44.0 Å². The van der Waals surface area contributed by atoms with E-state index in [-0.39, 0.29) is 10.3 Å². The summed E-state index contributed by atoms with van der Waals surface area (Å²) in [5.41, 5.74) is 3.89. The number of carbonyl (C=O) groups is 1. The summed E-state index contributed by atoms with van der Waals surface area (Å²) in [7, 11) is -3.81. The summed E-state index contributed by atoms with van der Waals surface area (Å²) < 4.78 is 40.3. The highest BCUT2D eigenvalue weighted by molar-refractivity contribution is 7.92. The normalized spacial score (nSPS) is 14.7. The van der Waals surface area contributed by atoms with Crippen molar-refractivity contribution in [2.75, 3.05) is 44.1 Å². The summed E-state index contributed by atoms with van der Waals surface area (Å²) in [5.74, 6) is 0.309. The number of sulfonamides is 1. The van der Waals surface area contributed by atoms with Crippen LogP contribution < -0.4 is 14.8 Å². The van der Waals surface area contributed by atoms with Gasteiger partial charge in [0.05, 0.1) is 23.7 Å². The number of hydrogen-bond donors (Lipinski definition) is 3. The Bertz CT molecular complexity index is 1630. The third kappa shape index (κ3) is 6.92. The van der Waals surface area contributed by atoms with E-state index in [0.29, 0.717) is 43.4 Å². The summed E-state index contributed by atoms with van der Waals surface area (Å²) in [6.07, 6.45) is -0.557. The maximum Gasteiger partial charge on any atom is 0.413 e. The van der Waals surface area contributed by atoms with E-state index in [1.807, 2.05) is 30.5 Å². The van der Waals surface area contributed by atoms with Gasteiger partial charge in [-0.2, -0.15) is 0 Å². The lowest BCUT2D eigenvalue weighted by Crippen LogP contribution is -2.41. The molecule has 3 heterocycles. The number of ether oxygens (including phenoxy) is 2. The van der Waals surface area contributed by atoms with Crippen LogP contribution in [-0.4, -0.2) is 63.8 Å². The fraction of sp³-hybridized carbons (Fsp3) is 0.367. The van der Waals surface area contributed by atoms with Gasteiger partial charge in [0, 0.05) is 47.6 Å². The number of aromatic amines is 1. The number of nitrogens with one attached hydrogen (secondary N) is 3. The third-order valence-electron chi connectivity index (χ3n) is 7.02. The highest BCUT2D eigenvalue weighted by Gasteiger charge is 2.22. The maximum absolute atomic E-state index is 13.2. The van der Waals surface area contributed by atoms with Crippen LogP contribution in [0.1, 0.15) is 31.9 Å². The molecule has 1 saturated heterocycles. The Morgan fingerprint density at radius 1 is 1.10 bits per heavy atom. The molecule has 218 valence electrons. The quantitative estimate of drug-likeness (QED) is 0.240. The molecule has 41 heavy (non-hydrogen) atoms. The molecule has 0 bridgehead atoms. The van der Waals surface area contributed by atoms with Gasteiger partial charge >= 0.3 is 6.09 Å². The lowest BCUT2D eigenvalue weighted by atomic mass is 9.87. The number of rotatable bonds is 8. The van der Waals surface area contributed by atoms with Crippen molar-refractivity contribution in [3.8, 4) is 16.3 Å². The minimum Gasteiger partial charge on any atom is -0.393 e. The minimum atomic E-state index is -3.81. The van der Waals surface area contributed by atoms with Gasteiger partial charge in [-0.1, -0.05) is 32.9 Å². The van der Waals surface area contributed by atoms with E-state index in [9.17, 15) is 13.2 Å². The summed E-state index contributed by atoms with van der Waals surface area (Å²) in [4.78, 5) is 19.3. The number of hydrogen-bond acceptors (Lipinski definition) is 7. The number of aryl methyl sites for hydroxylation is 1. The number of H-pyrrole nitrogens is 1. The number of aromatic nitrogens is 1. The van der Waals surface area contributed by atoms with E-state index in [1.54, 1.807) is 30.3 Å². The van der Waals surface area contributed by atoms with Gasteiger partial charge in [0.1, 0.15) is 0 Å². The molecule has 0 spiro atoms. The second-order valence-corrected chi connectivity index (χ2v) is 13.8. The van der Waals surface area contributed by atoms with Crippen LogP contribution in [0.25, 0.3) is 21.3 Å². The number of carbonyl (C=O) groups excluding carboxylic acids is 1. The molecule has 2 aromatic carbocycles. The Hall–Kier alpha value is -3.38. The average molecular weight is 597 g/mol. The summed E-state index contributed by atoms with van der Waals surface area (Å²) in [6, 6.07) is 14.2. The lowest BCUT2D eigenvalue weighted by molar-refractivity contribution is 0.0385. The van der Waals surface area contributed by atoms with Crippen LogP contribution in [0.5, 0.6) is 5.88 Å². The highest BCUT2D eigenvalue weighted by atomic mass is 32.2. The zero-order valence-electron chi connectivity index (χ0n) is 23.7. The number of morpholine rings is 1. The number of thiophene rings is 1. The second kappa shape index (κ2) is 11.8. The smallest absolute Gasteiger partial charge is 0.393 e. The van der Waals surface area contributed by atoms with Crippen molar-refractivity contribution in [1.29, 1.82) is 0 Å². The molecular formula is C30H36N4O5S2. The fourth-order valence-electron chi connectivity index (χ4n) is 4.73. The Morgan fingerprint density at radius 3 is 2.49 bits per heavy atom. The monoisotopic (exact) mass is 596 g/mol. The maximum atomic E-state index is 13.2. The van der Waals surface area contributed by atoms with Crippen LogP contribution in [0, 0.1) is 6.92 Å². The molecule has 1 amide bonds. The number of fused-ring (bicyclic) bond motifs is 1. The minimum absolute atomic E-state index is 0.0784. The molecule has 4 aromatic rings. The molecule has 11 heteroatoms. The zero-order valence-corrected chi connectivity index (χ0v) is 25.4. The van der Waals surface area contributed by atoms with Gasteiger partial charge in [0.25, 0.3) is 10.0 Å². The number of nitrogens with zero attached hydrogens (tertiary/aromatic N) is 1. The summed E-state index contributed by atoms with van der Waals surface area (Å²) >= 11 is 1.53. The van der Waals surface area contributed by atoms with E-state index >= 15 is 0 Å². The molecule has 0 unspecified atom stereocenters. The Morgan fingerprint density at radius 2 is 1.83 bits per heavy atom. The van der Waals surface area contributed by atoms with Crippen LogP contribution in [-0.2, 0) is 20.2 Å². The predicted molar refractivity (Wildman–Crippen MR) is 164 cm³/mol. The highest BCUT2D eigenvalue weighted by Crippen LogP contribution is 2.41. The Kier molecular flexibility index (Phi) is 8.42. The zero-order chi connectivity index (χ0) is 29.2. The standard InChI is InChI=1S/C30H36N4O5S2/c1-20-17-26(40-19-20)27-24-18-22(33-41(36,37)23-8-5-21(6-9-23)30(2,3)4)7-10-25(24)32-28(27)39-29(35)31-11-12-34-13-15-38-16-14-34/h5-10,17-19,32-33H,11-16H2,1-4H3,(H,31,35). The van der Waals surface area contributed by atoms with Gasteiger partial charge in [-0.3, -0.25) is 9.62 Å². The van der Waals surface area contributed by atoms with Gasteiger partial charge in [-0.05, 0) is 65.2 Å². The Balaban J connectivity index is 1.38. The van der Waals surface area contributed by atoms with Gasteiger partial charge in [-0.25, -0.2) is 13.2 Å². The molecule has 5 rings (SSSR count). The van der Waals surface area contributed by atoms with E-state index in [4.69, 9.17) is 9.47 Å². The SMILES string of the molecule is Cc1csc(-c2c(OC(=O)NCCN3CCOCC3)[nH]c3ccc(NS(=O)(=O)c4ccc(C(C)(C)C)cc4)cc23)c1. The van der Waals surface area contributed by atoms with E-state index < -0.39 is 16.1 Å². The summed E-state index contributed by atoms with van der Waals surface area (Å²) in [5, 5.41) is 5.59.